The van der Waals surface area contributed by atoms with Gasteiger partial charge in [0, 0.05) is 20.6 Å². The van der Waals surface area contributed by atoms with Crippen molar-refractivity contribution in [1.29, 1.82) is 0 Å². The van der Waals surface area contributed by atoms with E-state index in [-0.39, 0.29) is 12.1 Å². The van der Waals surface area contributed by atoms with Crippen LogP contribution in [0.3, 0.4) is 0 Å². The summed E-state index contributed by atoms with van der Waals surface area (Å²) in [6, 6.07) is 0.00213. The van der Waals surface area contributed by atoms with E-state index in [0.29, 0.717) is 17.4 Å². The molecule has 1 aromatic heterocycles. The predicted molar refractivity (Wildman–Crippen MR) is 73.4 cm³/mol. The Labute approximate surface area is 114 Å². The lowest BCUT2D eigenvalue weighted by atomic mass is 9.96. The van der Waals surface area contributed by atoms with Crippen LogP contribution in [0.25, 0.3) is 0 Å². The molecule has 0 amide bonds. The van der Waals surface area contributed by atoms with Crippen LogP contribution < -0.4 is 11.3 Å². The number of aryl methyl sites for hydroxylation is 2. The van der Waals surface area contributed by atoms with Gasteiger partial charge in [0.1, 0.15) is 0 Å². The van der Waals surface area contributed by atoms with Crippen molar-refractivity contribution in [1.82, 2.24) is 15.2 Å². The smallest absolute Gasteiger partial charge is 0.0847 e. The van der Waals surface area contributed by atoms with Crippen molar-refractivity contribution in [3.05, 3.63) is 16.4 Å². The van der Waals surface area contributed by atoms with Crippen molar-refractivity contribution < 1.29 is 4.74 Å². The Morgan fingerprint density at radius 2 is 2.11 bits per heavy atom. The number of halogens is 1. The molecule has 0 saturated carbocycles. The molecular weight excluding hydrogens is 252 g/mol. The van der Waals surface area contributed by atoms with Crippen molar-refractivity contribution in [2.24, 2.45) is 18.8 Å². The standard InChI is InChI=1S/C12H23ClN4O/c1-7(2)12(18-5)9(15-14)6-10-11(13)8(3)16-17(10)4/h7,9,12,15H,6,14H2,1-5H3. The molecule has 18 heavy (non-hydrogen) atoms. The summed E-state index contributed by atoms with van der Waals surface area (Å²) < 4.78 is 7.31. The lowest BCUT2D eigenvalue weighted by Crippen LogP contribution is -2.48. The molecule has 1 aromatic rings. The Morgan fingerprint density at radius 3 is 2.44 bits per heavy atom. The number of ether oxygens (including phenoxy) is 1. The maximum absolute atomic E-state index is 6.25. The molecule has 0 radical (unpaired) electrons. The zero-order chi connectivity index (χ0) is 13.9. The summed E-state index contributed by atoms with van der Waals surface area (Å²) in [5.74, 6) is 6.00. The van der Waals surface area contributed by atoms with Gasteiger partial charge in [-0.2, -0.15) is 5.10 Å². The van der Waals surface area contributed by atoms with Crippen molar-refractivity contribution in [2.75, 3.05) is 7.11 Å². The molecule has 1 heterocycles. The normalized spacial score (nSPS) is 15.1. The molecule has 0 fully saturated rings. The summed E-state index contributed by atoms with van der Waals surface area (Å²) in [5, 5.41) is 5.01. The number of hydrazine groups is 1. The first kappa shape index (κ1) is 15.4. The maximum atomic E-state index is 6.25. The second-order valence-corrected chi connectivity index (χ2v) is 5.27. The van der Waals surface area contributed by atoms with E-state index in [1.54, 1.807) is 11.8 Å². The molecule has 0 aliphatic heterocycles. The summed E-state index contributed by atoms with van der Waals surface area (Å²) in [4.78, 5) is 0. The van der Waals surface area contributed by atoms with Gasteiger partial charge >= 0.3 is 0 Å². The fourth-order valence-electron chi connectivity index (χ4n) is 2.28. The van der Waals surface area contributed by atoms with Crippen LogP contribution in [0.1, 0.15) is 25.2 Å². The van der Waals surface area contributed by atoms with Crippen LogP contribution >= 0.6 is 11.6 Å². The van der Waals surface area contributed by atoms with Gasteiger partial charge in [-0.05, 0) is 12.8 Å². The molecular formula is C12H23ClN4O. The second-order valence-electron chi connectivity index (χ2n) is 4.89. The third kappa shape index (κ3) is 3.23. The van der Waals surface area contributed by atoms with Gasteiger partial charge in [0.2, 0.25) is 0 Å². The molecule has 0 saturated heterocycles. The number of nitrogens with zero attached hydrogens (tertiary/aromatic N) is 2. The highest BCUT2D eigenvalue weighted by atomic mass is 35.5. The fraction of sp³-hybridized carbons (Fsp3) is 0.750. The lowest BCUT2D eigenvalue weighted by molar-refractivity contribution is 0.0327. The average Bonchev–Trinajstić information content (AvgIpc) is 2.54. The minimum absolute atomic E-state index is 0.00213. The SMILES string of the molecule is COC(C(C)C)C(Cc1c(Cl)c(C)nn1C)NN. The van der Waals surface area contributed by atoms with Crippen LogP contribution in [0.2, 0.25) is 5.02 Å². The first-order valence-electron chi connectivity index (χ1n) is 6.09. The Kier molecular flexibility index (Phi) is 5.59. The van der Waals surface area contributed by atoms with Gasteiger partial charge in [0.25, 0.3) is 0 Å². The molecule has 0 aliphatic rings. The van der Waals surface area contributed by atoms with Crippen molar-refractivity contribution in [3.63, 3.8) is 0 Å². The Bertz CT molecular complexity index is 392. The molecule has 0 spiro atoms. The first-order chi connectivity index (χ1) is 8.42. The van der Waals surface area contributed by atoms with Gasteiger partial charge in [0.05, 0.1) is 28.6 Å². The molecule has 0 bridgehead atoms. The summed E-state index contributed by atoms with van der Waals surface area (Å²) in [6.07, 6.45) is 0.713. The van der Waals surface area contributed by atoms with Crippen LogP contribution in [-0.4, -0.2) is 29.0 Å². The number of methoxy groups -OCH3 is 1. The molecule has 104 valence electrons. The van der Waals surface area contributed by atoms with Crippen LogP contribution in [0.4, 0.5) is 0 Å². The van der Waals surface area contributed by atoms with E-state index in [0.717, 1.165) is 11.4 Å². The Hall–Kier alpha value is -0.620. The minimum Gasteiger partial charge on any atom is -0.380 e. The van der Waals surface area contributed by atoms with Gasteiger partial charge in [-0.1, -0.05) is 25.4 Å². The van der Waals surface area contributed by atoms with Crippen LogP contribution in [0, 0.1) is 12.8 Å². The van der Waals surface area contributed by atoms with E-state index in [1.807, 2.05) is 14.0 Å². The zero-order valence-corrected chi connectivity index (χ0v) is 12.5. The zero-order valence-electron chi connectivity index (χ0n) is 11.7. The quantitative estimate of drug-likeness (QED) is 0.608. The average molecular weight is 275 g/mol. The summed E-state index contributed by atoms with van der Waals surface area (Å²) >= 11 is 6.25. The largest absolute Gasteiger partial charge is 0.380 e. The number of aromatic nitrogens is 2. The number of nitrogens with two attached hydrogens (primary N) is 1. The molecule has 2 atom stereocenters. The summed E-state index contributed by atoms with van der Waals surface area (Å²) in [6.45, 7) is 6.11. The number of hydrogen-bond donors (Lipinski definition) is 2. The maximum Gasteiger partial charge on any atom is 0.0847 e. The molecule has 3 N–H and O–H groups in total. The molecule has 0 aliphatic carbocycles. The summed E-state index contributed by atoms with van der Waals surface area (Å²) in [7, 11) is 3.59. The second kappa shape index (κ2) is 6.52. The highest BCUT2D eigenvalue weighted by Gasteiger charge is 2.26. The predicted octanol–water partition coefficient (Wildman–Crippen LogP) is 1.43. The number of nitrogens with one attached hydrogen (secondary N) is 1. The van der Waals surface area contributed by atoms with Gasteiger partial charge in [0.15, 0.2) is 0 Å². The van der Waals surface area contributed by atoms with Gasteiger partial charge in [-0.25, -0.2) is 0 Å². The molecule has 1 rings (SSSR count). The van der Waals surface area contributed by atoms with Crippen molar-refractivity contribution in [2.45, 2.75) is 39.3 Å². The monoisotopic (exact) mass is 274 g/mol. The van der Waals surface area contributed by atoms with E-state index in [4.69, 9.17) is 22.2 Å². The van der Waals surface area contributed by atoms with E-state index >= 15 is 0 Å². The molecule has 0 aromatic carbocycles. The fourth-order valence-corrected chi connectivity index (χ4v) is 2.52. The molecule has 2 unspecified atom stereocenters. The minimum atomic E-state index is 0.00213. The van der Waals surface area contributed by atoms with Crippen LogP contribution in [0.15, 0.2) is 0 Å². The highest BCUT2D eigenvalue weighted by molar-refractivity contribution is 6.31. The molecule has 5 nitrogen and oxygen atoms in total. The highest BCUT2D eigenvalue weighted by Crippen LogP contribution is 2.23. The van der Waals surface area contributed by atoms with Crippen LogP contribution in [-0.2, 0) is 18.2 Å². The molecule has 6 heteroatoms. The Morgan fingerprint density at radius 1 is 1.50 bits per heavy atom. The number of rotatable bonds is 6. The van der Waals surface area contributed by atoms with Crippen molar-refractivity contribution >= 4 is 11.6 Å². The van der Waals surface area contributed by atoms with Crippen molar-refractivity contribution in [3.8, 4) is 0 Å². The topological polar surface area (TPSA) is 65.1 Å². The van der Waals surface area contributed by atoms with Gasteiger partial charge < -0.3 is 4.74 Å². The Balaban J connectivity index is 2.92. The third-order valence-corrected chi connectivity index (χ3v) is 3.71. The van der Waals surface area contributed by atoms with E-state index in [2.05, 4.69) is 24.4 Å². The number of hydrogen-bond acceptors (Lipinski definition) is 4. The third-order valence-electron chi connectivity index (χ3n) is 3.21. The van der Waals surface area contributed by atoms with Gasteiger partial charge in [-0.3, -0.25) is 16.0 Å². The summed E-state index contributed by atoms with van der Waals surface area (Å²) in [5.41, 5.74) is 4.63. The van der Waals surface area contributed by atoms with Gasteiger partial charge in [-0.15, -0.1) is 0 Å². The van der Waals surface area contributed by atoms with E-state index in [1.165, 1.54) is 0 Å². The lowest BCUT2D eigenvalue weighted by Gasteiger charge is -2.28. The first-order valence-corrected chi connectivity index (χ1v) is 6.47. The van der Waals surface area contributed by atoms with E-state index < -0.39 is 0 Å². The van der Waals surface area contributed by atoms with Crippen LogP contribution in [0.5, 0.6) is 0 Å². The van der Waals surface area contributed by atoms with E-state index in [9.17, 15) is 0 Å².